The zero-order chi connectivity index (χ0) is 14.7. The minimum Gasteiger partial charge on any atom is -0.467 e. The van der Waals surface area contributed by atoms with Crippen molar-refractivity contribution in [2.75, 3.05) is 12.8 Å². The Morgan fingerprint density at radius 3 is 1.57 bits per heavy atom. The molecule has 0 spiro atoms. The summed E-state index contributed by atoms with van der Waals surface area (Å²) >= 11 is 0. The van der Waals surface area contributed by atoms with E-state index in [9.17, 15) is 0 Å². The average Bonchev–Trinajstić information content (AvgIpc) is 2.57. The Morgan fingerprint density at radius 1 is 0.762 bits per heavy atom. The summed E-state index contributed by atoms with van der Waals surface area (Å²) in [6, 6.07) is 19.9. The highest BCUT2D eigenvalue weighted by molar-refractivity contribution is 5.84. The van der Waals surface area contributed by atoms with Crippen molar-refractivity contribution in [3.05, 3.63) is 60.7 Å². The van der Waals surface area contributed by atoms with Crippen LogP contribution in [0.2, 0.25) is 0 Å². The molecule has 2 N–H and O–H groups in total. The summed E-state index contributed by atoms with van der Waals surface area (Å²) in [5.41, 5.74) is 10.1. The second-order valence-corrected chi connectivity index (χ2v) is 4.55. The fourth-order valence-corrected chi connectivity index (χ4v) is 2.17. The fourth-order valence-electron chi connectivity index (χ4n) is 2.17. The number of nitrogen functional groups attached to an aromatic ring is 1. The molecule has 0 radical (unpaired) electrons. The Bertz CT molecular complexity index is 682. The van der Waals surface area contributed by atoms with E-state index in [1.54, 1.807) is 7.11 Å². The second kappa shape index (κ2) is 5.63. The van der Waals surface area contributed by atoms with Crippen LogP contribution >= 0.6 is 0 Å². The number of hydrogen-bond donors (Lipinski definition) is 1. The summed E-state index contributed by atoms with van der Waals surface area (Å²) in [5, 5.41) is 0. The molecule has 3 rings (SSSR count). The maximum absolute atomic E-state index is 6.29. The van der Waals surface area contributed by atoms with Gasteiger partial charge in [0, 0.05) is 11.1 Å². The number of nitrogens with zero attached hydrogens (tertiary/aromatic N) is 2. The highest BCUT2D eigenvalue weighted by Gasteiger charge is 2.15. The smallest absolute Gasteiger partial charge is 0.317 e. The molecule has 1 heterocycles. The van der Waals surface area contributed by atoms with Gasteiger partial charge in [-0.1, -0.05) is 60.7 Å². The molecule has 0 amide bonds. The van der Waals surface area contributed by atoms with Crippen LogP contribution in [-0.2, 0) is 0 Å². The van der Waals surface area contributed by atoms with Gasteiger partial charge >= 0.3 is 6.01 Å². The average molecular weight is 277 g/mol. The van der Waals surface area contributed by atoms with Gasteiger partial charge < -0.3 is 10.5 Å². The minimum atomic E-state index is 0.307. The van der Waals surface area contributed by atoms with Gasteiger partial charge in [0.05, 0.1) is 12.8 Å². The number of ether oxygens (including phenoxy) is 1. The van der Waals surface area contributed by atoms with Crippen LogP contribution in [0.3, 0.4) is 0 Å². The lowest BCUT2D eigenvalue weighted by Crippen LogP contribution is -2.03. The third-order valence-electron chi connectivity index (χ3n) is 3.20. The lowest BCUT2D eigenvalue weighted by atomic mass is 10.1. The molecular weight excluding hydrogens is 262 g/mol. The molecule has 0 aliphatic carbocycles. The van der Waals surface area contributed by atoms with Crippen molar-refractivity contribution in [2.24, 2.45) is 0 Å². The number of benzene rings is 2. The van der Waals surface area contributed by atoms with Crippen molar-refractivity contribution in [3.8, 4) is 28.5 Å². The van der Waals surface area contributed by atoms with Crippen molar-refractivity contribution in [1.29, 1.82) is 0 Å². The zero-order valence-corrected chi connectivity index (χ0v) is 11.7. The molecule has 2 aromatic carbocycles. The van der Waals surface area contributed by atoms with Crippen LogP contribution in [0.4, 0.5) is 5.69 Å². The summed E-state index contributed by atoms with van der Waals surface area (Å²) in [6.07, 6.45) is 0. The van der Waals surface area contributed by atoms with Crippen molar-refractivity contribution in [1.82, 2.24) is 9.97 Å². The molecule has 3 aromatic rings. The Balaban J connectivity index is 2.23. The summed E-state index contributed by atoms with van der Waals surface area (Å²) in [5.74, 6) is 0. The lowest BCUT2D eigenvalue weighted by Gasteiger charge is -2.11. The summed E-state index contributed by atoms with van der Waals surface area (Å²) in [4.78, 5) is 8.78. The predicted molar refractivity (Wildman–Crippen MR) is 83.9 cm³/mol. The second-order valence-electron chi connectivity index (χ2n) is 4.55. The van der Waals surface area contributed by atoms with E-state index in [1.165, 1.54) is 0 Å². The van der Waals surface area contributed by atoms with Gasteiger partial charge in [-0.25, -0.2) is 0 Å². The van der Waals surface area contributed by atoms with Gasteiger partial charge in [-0.15, -0.1) is 0 Å². The molecular formula is C17H15N3O. The predicted octanol–water partition coefficient (Wildman–Crippen LogP) is 3.40. The molecule has 0 aliphatic heterocycles. The van der Waals surface area contributed by atoms with Crippen LogP contribution in [0.1, 0.15) is 0 Å². The Kier molecular flexibility index (Phi) is 3.51. The highest BCUT2D eigenvalue weighted by atomic mass is 16.5. The first-order valence-corrected chi connectivity index (χ1v) is 6.62. The first kappa shape index (κ1) is 13.1. The monoisotopic (exact) mass is 277 g/mol. The number of nitrogens with two attached hydrogens (primary N) is 1. The fraction of sp³-hybridized carbons (Fsp3) is 0.0588. The van der Waals surface area contributed by atoms with Crippen LogP contribution in [-0.4, -0.2) is 17.1 Å². The standard InChI is InChI=1S/C17H15N3O/c1-21-17-19-15(12-8-4-2-5-9-12)14(18)16(20-17)13-10-6-3-7-11-13/h2-11H,18H2,1H3. The van der Waals surface area contributed by atoms with Crippen LogP contribution in [0.25, 0.3) is 22.5 Å². The quantitative estimate of drug-likeness (QED) is 0.797. The van der Waals surface area contributed by atoms with Gasteiger partial charge in [-0.2, -0.15) is 9.97 Å². The van der Waals surface area contributed by atoms with Gasteiger partial charge in [-0.3, -0.25) is 0 Å². The first-order valence-electron chi connectivity index (χ1n) is 6.62. The number of hydrogen-bond acceptors (Lipinski definition) is 4. The third kappa shape index (κ3) is 2.56. The van der Waals surface area contributed by atoms with Gasteiger partial charge in [0.25, 0.3) is 0 Å². The number of methoxy groups -OCH3 is 1. The van der Waals surface area contributed by atoms with Gasteiger partial charge in [0.2, 0.25) is 0 Å². The molecule has 104 valence electrons. The van der Waals surface area contributed by atoms with Gasteiger partial charge in [-0.05, 0) is 0 Å². The van der Waals surface area contributed by atoms with Crippen LogP contribution < -0.4 is 10.5 Å². The molecule has 0 aliphatic rings. The van der Waals surface area contributed by atoms with Crippen molar-refractivity contribution < 1.29 is 4.74 Å². The van der Waals surface area contributed by atoms with E-state index in [0.29, 0.717) is 23.1 Å². The maximum Gasteiger partial charge on any atom is 0.317 e. The maximum atomic E-state index is 6.29. The topological polar surface area (TPSA) is 61.0 Å². The normalized spacial score (nSPS) is 10.3. The Hall–Kier alpha value is -2.88. The molecule has 0 fully saturated rings. The highest BCUT2D eigenvalue weighted by Crippen LogP contribution is 2.33. The van der Waals surface area contributed by atoms with Crippen LogP contribution in [0.5, 0.6) is 6.01 Å². The van der Waals surface area contributed by atoms with Gasteiger partial charge in [0.1, 0.15) is 11.4 Å². The van der Waals surface area contributed by atoms with Crippen LogP contribution in [0.15, 0.2) is 60.7 Å². The lowest BCUT2D eigenvalue weighted by molar-refractivity contribution is 0.381. The van der Waals surface area contributed by atoms with Crippen molar-refractivity contribution in [2.45, 2.75) is 0 Å². The number of aromatic nitrogens is 2. The Morgan fingerprint density at radius 2 is 1.19 bits per heavy atom. The van der Waals surface area contributed by atoms with E-state index in [-0.39, 0.29) is 0 Å². The molecule has 0 unspecified atom stereocenters. The summed E-state index contributed by atoms with van der Waals surface area (Å²) in [7, 11) is 1.55. The first-order chi connectivity index (χ1) is 10.3. The molecule has 21 heavy (non-hydrogen) atoms. The molecule has 0 atom stereocenters. The SMILES string of the molecule is COc1nc(-c2ccccc2)c(N)c(-c2ccccc2)n1. The van der Waals surface area contributed by atoms with E-state index < -0.39 is 0 Å². The molecule has 0 saturated carbocycles. The molecule has 4 nitrogen and oxygen atoms in total. The van der Waals surface area contributed by atoms with Gasteiger partial charge in [0.15, 0.2) is 0 Å². The molecule has 1 aromatic heterocycles. The number of rotatable bonds is 3. The van der Waals surface area contributed by atoms with E-state index >= 15 is 0 Å². The molecule has 0 bridgehead atoms. The van der Waals surface area contributed by atoms with Crippen molar-refractivity contribution in [3.63, 3.8) is 0 Å². The van der Waals surface area contributed by atoms with Crippen LogP contribution in [0, 0.1) is 0 Å². The van der Waals surface area contributed by atoms with E-state index in [1.807, 2.05) is 60.7 Å². The minimum absolute atomic E-state index is 0.307. The molecule has 4 heteroatoms. The number of anilines is 1. The Labute approximate surface area is 123 Å². The van der Waals surface area contributed by atoms with E-state index in [0.717, 1.165) is 11.1 Å². The van der Waals surface area contributed by atoms with Crippen molar-refractivity contribution >= 4 is 5.69 Å². The summed E-state index contributed by atoms with van der Waals surface area (Å²) < 4.78 is 5.22. The molecule has 0 saturated heterocycles. The third-order valence-corrected chi connectivity index (χ3v) is 3.20. The zero-order valence-electron chi connectivity index (χ0n) is 11.7. The largest absolute Gasteiger partial charge is 0.467 e. The van der Waals surface area contributed by atoms with E-state index in [4.69, 9.17) is 10.5 Å². The summed E-state index contributed by atoms with van der Waals surface area (Å²) in [6.45, 7) is 0. The van der Waals surface area contributed by atoms with E-state index in [2.05, 4.69) is 9.97 Å².